The fourth-order valence-corrected chi connectivity index (χ4v) is 3.54. The summed E-state index contributed by atoms with van der Waals surface area (Å²) in [6, 6.07) is 4.64. The van der Waals surface area contributed by atoms with Crippen LogP contribution in [0.15, 0.2) is 12.1 Å². The smallest absolute Gasteiger partial charge is 0.00510 e. The average Bonchev–Trinajstić information content (AvgIpc) is 2.73. The molecule has 1 N–H and O–H groups in total. The third-order valence-electron chi connectivity index (χ3n) is 3.76. The van der Waals surface area contributed by atoms with Crippen molar-refractivity contribution in [2.75, 3.05) is 13.1 Å². The topological polar surface area (TPSA) is 12.0 Å². The molecule has 0 spiro atoms. The van der Waals surface area contributed by atoms with Gasteiger partial charge in [-0.3, -0.25) is 0 Å². The Labute approximate surface area is 103 Å². The van der Waals surface area contributed by atoms with Crippen LogP contribution in [-0.4, -0.2) is 13.1 Å². The van der Waals surface area contributed by atoms with Gasteiger partial charge in [-0.2, -0.15) is 0 Å². The maximum absolute atomic E-state index is 3.49. The van der Waals surface area contributed by atoms with Crippen molar-refractivity contribution in [1.82, 2.24) is 5.32 Å². The van der Waals surface area contributed by atoms with Gasteiger partial charge in [0, 0.05) is 9.75 Å². The number of thiophene rings is 1. The molecule has 2 atom stereocenters. The molecule has 2 heteroatoms. The van der Waals surface area contributed by atoms with Crippen molar-refractivity contribution in [3.8, 4) is 0 Å². The fraction of sp³-hybridized carbons (Fsp3) is 0.714. The van der Waals surface area contributed by atoms with Crippen molar-refractivity contribution in [3.63, 3.8) is 0 Å². The molecule has 1 aromatic rings. The summed E-state index contributed by atoms with van der Waals surface area (Å²) < 4.78 is 0. The zero-order valence-electron chi connectivity index (χ0n) is 10.5. The van der Waals surface area contributed by atoms with Gasteiger partial charge < -0.3 is 5.32 Å². The summed E-state index contributed by atoms with van der Waals surface area (Å²) in [7, 11) is 0. The van der Waals surface area contributed by atoms with Gasteiger partial charge >= 0.3 is 0 Å². The van der Waals surface area contributed by atoms with Crippen LogP contribution in [0, 0.1) is 11.8 Å². The molecule has 1 saturated carbocycles. The van der Waals surface area contributed by atoms with Gasteiger partial charge in [-0.15, -0.1) is 11.3 Å². The molecule has 0 radical (unpaired) electrons. The monoisotopic (exact) mass is 237 g/mol. The van der Waals surface area contributed by atoms with E-state index in [9.17, 15) is 0 Å². The summed E-state index contributed by atoms with van der Waals surface area (Å²) in [6.07, 6.45) is 5.38. The summed E-state index contributed by atoms with van der Waals surface area (Å²) in [5.74, 6) is 1.88. The second kappa shape index (κ2) is 5.83. The molecule has 0 amide bonds. The lowest BCUT2D eigenvalue weighted by Crippen LogP contribution is -2.36. The lowest BCUT2D eigenvalue weighted by atomic mass is 9.71. The molecule has 0 bridgehead atoms. The Hall–Kier alpha value is -0.340. The van der Waals surface area contributed by atoms with Crippen molar-refractivity contribution >= 4 is 11.3 Å². The quantitative estimate of drug-likeness (QED) is 0.798. The molecule has 1 aliphatic rings. The highest BCUT2D eigenvalue weighted by Crippen LogP contribution is 2.37. The minimum Gasteiger partial charge on any atom is -0.317 e. The van der Waals surface area contributed by atoms with Gasteiger partial charge in [0.05, 0.1) is 0 Å². The van der Waals surface area contributed by atoms with E-state index in [1.54, 1.807) is 4.88 Å². The summed E-state index contributed by atoms with van der Waals surface area (Å²) in [4.78, 5) is 3.14. The van der Waals surface area contributed by atoms with E-state index in [0.717, 1.165) is 18.4 Å². The zero-order valence-corrected chi connectivity index (χ0v) is 11.3. The van der Waals surface area contributed by atoms with E-state index in [0.29, 0.717) is 0 Å². The predicted octanol–water partition coefficient (Wildman–Crippen LogP) is 3.49. The van der Waals surface area contributed by atoms with Gasteiger partial charge in [0.25, 0.3) is 0 Å². The van der Waals surface area contributed by atoms with Crippen LogP contribution in [0.25, 0.3) is 0 Å². The molecule has 2 unspecified atom stereocenters. The molecule has 0 aromatic carbocycles. The van der Waals surface area contributed by atoms with Crippen molar-refractivity contribution < 1.29 is 0 Å². The first-order chi connectivity index (χ1) is 7.83. The van der Waals surface area contributed by atoms with E-state index in [1.165, 1.54) is 37.1 Å². The number of hydrogen-bond acceptors (Lipinski definition) is 2. The SMILES string of the molecule is CCNCC1CCC1Cc1ccc(CC)s1. The summed E-state index contributed by atoms with van der Waals surface area (Å²) in [5, 5.41) is 3.49. The average molecular weight is 237 g/mol. The maximum Gasteiger partial charge on any atom is 0.00510 e. The molecule has 2 rings (SSSR count). The Morgan fingerprint density at radius 3 is 2.50 bits per heavy atom. The highest BCUT2D eigenvalue weighted by molar-refractivity contribution is 7.11. The van der Waals surface area contributed by atoms with Gasteiger partial charge in [-0.05, 0) is 62.7 Å². The molecule has 0 saturated heterocycles. The first kappa shape index (κ1) is 12.1. The molecule has 1 heterocycles. The first-order valence-corrected chi connectivity index (χ1v) is 7.43. The Balaban J connectivity index is 1.80. The number of hydrogen-bond donors (Lipinski definition) is 1. The minimum absolute atomic E-state index is 0.937. The molecule has 1 fully saturated rings. The Bertz CT molecular complexity index is 318. The Kier molecular flexibility index (Phi) is 4.42. The van der Waals surface area contributed by atoms with Gasteiger partial charge in [0.15, 0.2) is 0 Å². The van der Waals surface area contributed by atoms with Gasteiger partial charge in [-0.1, -0.05) is 13.8 Å². The number of aryl methyl sites for hydroxylation is 1. The highest BCUT2D eigenvalue weighted by atomic mass is 32.1. The second-order valence-electron chi connectivity index (χ2n) is 4.83. The van der Waals surface area contributed by atoms with E-state index in [4.69, 9.17) is 0 Å². The first-order valence-electron chi connectivity index (χ1n) is 6.61. The fourth-order valence-electron chi connectivity index (χ4n) is 2.49. The van der Waals surface area contributed by atoms with Gasteiger partial charge in [-0.25, -0.2) is 0 Å². The van der Waals surface area contributed by atoms with Crippen molar-refractivity contribution in [2.45, 2.75) is 39.5 Å². The summed E-state index contributed by atoms with van der Waals surface area (Å²) in [5.41, 5.74) is 0. The molecule has 1 aliphatic carbocycles. The van der Waals surface area contributed by atoms with E-state index in [-0.39, 0.29) is 0 Å². The van der Waals surface area contributed by atoms with Gasteiger partial charge in [0.2, 0.25) is 0 Å². The molecule has 1 aromatic heterocycles. The van der Waals surface area contributed by atoms with Crippen molar-refractivity contribution in [3.05, 3.63) is 21.9 Å². The molecular formula is C14H23NS. The van der Waals surface area contributed by atoms with Crippen LogP contribution in [0.1, 0.15) is 36.4 Å². The van der Waals surface area contributed by atoms with E-state index < -0.39 is 0 Å². The van der Waals surface area contributed by atoms with Gasteiger partial charge in [0.1, 0.15) is 0 Å². The summed E-state index contributed by atoms with van der Waals surface area (Å²) >= 11 is 2.02. The third-order valence-corrected chi connectivity index (χ3v) is 5.01. The lowest BCUT2D eigenvalue weighted by molar-refractivity contribution is 0.173. The Morgan fingerprint density at radius 1 is 1.19 bits per heavy atom. The number of nitrogens with one attached hydrogen (secondary N) is 1. The van der Waals surface area contributed by atoms with Crippen LogP contribution in [0.4, 0.5) is 0 Å². The van der Waals surface area contributed by atoms with E-state index >= 15 is 0 Å². The maximum atomic E-state index is 3.49. The molecule has 90 valence electrons. The van der Waals surface area contributed by atoms with E-state index in [2.05, 4.69) is 31.3 Å². The largest absolute Gasteiger partial charge is 0.317 e. The van der Waals surface area contributed by atoms with Crippen LogP contribution < -0.4 is 5.32 Å². The van der Waals surface area contributed by atoms with Crippen molar-refractivity contribution in [2.24, 2.45) is 11.8 Å². The second-order valence-corrected chi connectivity index (χ2v) is 6.08. The number of rotatable bonds is 6. The van der Waals surface area contributed by atoms with Crippen LogP contribution in [0.5, 0.6) is 0 Å². The molecule has 0 aliphatic heterocycles. The van der Waals surface area contributed by atoms with Crippen LogP contribution in [-0.2, 0) is 12.8 Å². The predicted molar refractivity (Wildman–Crippen MR) is 72.2 cm³/mol. The zero-order chi connectivity index (χ0) is 11.4. The Morgan fingerprint density at radius 2 is 1.94 bits per heavy atom. The minimum atomic E-state index is 0.937. The molecule has 1 nitrogen and oxygen atoms in total. The van der Waals surface area contributed by atoms with Crippen LogP contribution in [0.2, 0.25) is 0 Å². The summed E-state index contributed by atoms with van der Waals surface area (Å²) in [6.45, 7) is 6.78. The normalized spacial score (nSPS) is 24.4. The lowest BCUT2D eigenvalue weighted by Gasteiger charge is -2.36. The third kappa shape index (κ3) is 2.86. The van der Waals surface area contributed by atoms with Crippen LogP contribution in [0.3, 0.4) is 0 Å². The highest BCUT2D eigenvalue weighted by Gasteiger charge is 2.30. The van der Waals surface area contributed by atoms with E-state index in [1.807, 2.05) is 11.3 Å². The van der Waals surface area contributed by atoms with Crippen LogP contribution >= 0.6 is 11.3 Å². The standard InChI is InChI=1S/C14H23NS/c1-3-13-7-8-14(16-13)9-11-5-6-12(11)10-15-4-2/h7-8,11-12,15H,3-6,9-10H2,1-2H3. The molecule has 16 heavy (non-hydrogen) atoms. The molecular weight excluding hydrogens is 214 g/mol. The van der Waals surface area contributed by atoms with Crippen molar-refractivity contribution in [1.29, 1.82) is 0 Å².